The second-order valence-electron chi connectivity index (χ2n) is 6.26. The quantitative estimate of drug-likeness (QED) is 0.709. The van der Waals surface area contributed by atoms with E-state index < -0.39 is 5.54 Å². The Balaban J connectivity index is 2.47. The van der Waals surface area contributed by atoms with E-state index in [2.05, 4.69) is 54.9 Å². The van der Waals surface area contributed by atoms with Gasteiger partial charge < -0.3 is 0 Å². The summed E-state index contributed by atoms with van der Waals surface area (Å²) in [6.45, 7) is 11.4. The molecule has 0 aliphatic heterocycles. The van der Waals surface area contributed by atoms with Crippen LogP contribution in [0.25, 0.3) is 0 Å². The molecule has 1 atom stereocenters. The molecule has 0 saturated heterocycles. The van der Waals surface area contributed by atoms with Crippen molar-refractivity contribution >= 4 is 0 Å². The minimum atomic E-state index is -0.416. The maximum Gasteiger partial charge on any atom is 0.104 e. The molecule has 1 N–H and O–H groups in total. The van der Waals surface area contributed by atoms with Gasteiger partial charge in [0.1, 0.15) is 5.54 Å². The normalized spacial score (nSPS) is 14.1. The fourth-order valence-electron chi connectivity index (χ4n) is 2.70. The SMILES string of the molecule is CCc1cc(CC)n(CCCCC(C)(C#N)NC(C)C)n1. The minimum absolute atomic E-state index is 0.333. The lowest BCUT2D eigenvalue weighted by atomic mass is 9.95. The fraction of sp³-hybridized carbons (Fsp3) is 0.765. The van der Waals surface area contributed by atoms with E-state index in [0.717, 1.165) is 38.6 Å². The fourth-order valence-corrected chi connectivity index (χ4v) is 2.70. The Kier molecular flexibility index (Phi) is 6.91. The molecule has 0 saturated carbocycles. The zero-order valence-electron chi connectivity index (χ0n) is 14.2. The number of aromatic nitrogens is 2. The Morgan fingerprint density at radius 2 is 2.05 bits per heavy atom. The molecule has 1 rings (SSSR count). The molecule has 0 bridgehead atoms. The second kappa shape index (κ2) is 8.19. The summed E-state index contributed by atoms with van der Waals surface area (Å²) in [7, 11) is 0. The van der Waals surface area contributed by atoms with Gasteiger partial charge >= 0.3 is 0 Å². The molecule has 1 unspecified atom stereocenters. The van der Waals surface area contributed by atoms with Crippen LogP contribution in [0.4, 0.5) is 0 Å². The Morgan fingerprint density at radius 1 is 1.33 bits per heavy atom. The lowest BCUT2D eigenvalue weighted by Crippen LogP contribution is -2.44. The van der Waals surface area contributed by atoms with Gasteiger partial charge in [-0.3, -0.25) is 10.00 Å². The van der Waals surface area contributed by atoms with E-state index in [1.165, 1.54) is 11.4 Å². The Morgan fingerprint density at radius 3 is 2.57 bits per heavy atom. The van der Waals surface area contributed by atoms with Crippen LogP contribution in [0.1, 0.15) is 65.3 Å². The highest BCUT2D eigenvalue weighted by Gasteiger charge is 2.23. The highest BCUT2D eigenvalue weighted by atomic mass is 15.3. The summed E-state index contributed by atoms with van der Waals surface area (Å²) in [5.74, 6) is 0. The van der Waals surface area contributed by atoms with Crippen LogP contribution in [0.3, 0.4) is 0 Å². The van der Waals surface area contributed by atoms with Crippen molar-refractivity contribution in [2.75, 3.05) is 0 Å². The molecule has 4 nitrogen and oxygen atoms in total. The Labute approximate surface area is 129 Å². The van der Waals surface area contributed by atoms with Crippen LogP contribution in [-0.2, 0) is 19.4 Å². The van der Waals surface area contributed by atoms with Crippen molar-refractivity contribution in [2.45, 2.75) is 84.8 Å². The predicted octanol–water partition coefficient (Wildman–Crippen LogP) is 3.46. The zero-order chi connectivity index (χ0) is 15.9. The monoisotopic (exact) mass is 290 g/mol. The van der Waals surface area contributed by atoms with Gasteiger partial charge in [0.05, 0.1) is 11.8 Å². The molecule has 0 aliphatic carbocycles. The molecule has 21 heavy (non-hydrogen) atoms. The van der Waals surface area contributed by atoms with Crippen LogP contribution in [-0.4, -0.2) is 21.4 Å². The summed E-state index contributed by atoms with van der Waals surface area (Å²) in [5, 5.41) is 17.3. The van der Waals surface area contributed by atoms with Gasteiger partial charge in [0.25, 0.3) is 0 Å². The van der Waals surface area contributed by atoms with Gasteiger partial charge in [-0.05, 0) is 58.9 Å². The number of nitriles is 1. The van der Waals surface area contributed by atoms with Gasteiger partial charge in [-0.2, -0.15) is 10.4 Å². The number of hydrogen-bond acceptors (Lipinski definition) is 3. The number of nitrogens with one attached hydrogen (secondary N) is 1. The molecule has 4 heteroatoms. The second-order valence-corrected chi connectivity index (χ2v) is 6.26. The van der Waals surface area contributed by atoms with E-state index in [0.29, 0.717) is 6.04 Å². The molecule has 0 fully saturated rings. The summed E-state index contributed by atoms with van der Waals surface area (Å²) in [5.41, 5.74) is 2.07. The smallest absolute Gasteiger partial charge is 0.104 e. The minimum Gasteiger partial charge on any atom is -0.297 e. The zero-order valence-corrected chi connectivity index (χ0v) is 14.2. The van der Waals surface area contributed by atoms with Crippen LogP contribution >= 0.6 is 0 Å². The van der Waals surface area contributed by atoms with E-state index in [4.69, 9.17) is 0 Å². The molecule has 1 aromatic rings. The maximum atomic E-state index is 9.34. The van der Waals surface area contributed by atoms with E-state index >= 15 is 0 Å². The largest absolute Gasteiger partial charge is 0.297 e. The lowest BCUT2D eigenvalue weighted by molar-refractivity contribution is 0.363. The van der Waals surface area contributed by atoms with Gasteiger partial charge in [-0.15, -0.1) is 0 Å². The van der Waals surface area contributed by atoms with Crippen molar-refractivity contribution in [3.05, 3.63) is 17.5 Å². The van der Waals surface area contributed by atoms with Crippen molar-refractivity contribution in [2.24, 2.45) is 0 Å². The van der Waals surface area contributed by atoms with E-state index in [9.17, 15) is 5.26 Å². The summed E-state index contributed by atoms with van der Waals surface area (Å²) >= 11 is 0. The molecule has 0 aromatic carbocycles. The van der Waals surface area contributed by atoms with Crippen LogP contribution in [0.5, 0.6) is 0 Å². The molecule has 0 spiro atoms. The van der Waals surface area contributed by atoms with Crippen LogP contribution in [0.2, 0.25) is 0 Å². The molecular formula is C17H30N4. The number of unbranched alkanes of at least 4 members (excludes halogenated alkanes) is 1. The Hall–Kier alpha value is -1.34. The molecule has 1 aromatic heterocycles. The van der Waals surface area contributed by atoms with Gasteiger partial charge in [0.15, 0.2) is 0 Å². The summed E-state index contributed by atoms with van der Waals surface area (Å²) < 4.78 is 2.14. The summed E-state index contributed by atoms with van der Waals surface area (Å²) in [6.07, 6.45) is 5.00. The third kappa shape index (κ3) is 5.51. The first kappa shape index (κ1) is 17.7. The highest BCUT2D eigenvalue weighted by molar-refractivity contribution is 5.10. The van der Waals surface area contributed by atoms with Crippen LogP contribution in [0.15, 0.2) is 6.07 Å². The number of hydrogen-bond donors (Lipinski definition) is 1. The standard InChI is InChI=1S/C17H30N4/c1-6-15-12-16(7-2)21(20-15)11-9-8-10-17(5,13-18)19-14(3)4/h12,14,19H,6-11H2,1-5H3. The average molecular weight is 290 g/mol. The lowest BCUT2D eigenvalue weighted by Gasteiger charge is -2.25. The first-order valence-electron chi connectivity index (χ1n) is 8.18. The molecule has 118 valence electrons. The predicted molar refractivity (Wildman–Crippen MR) is 87.1 cm³/mol. The highest BCUT2D eigenvalue weighted by Crippen LogP contribution is 2.15. The first-order chi connectivity index (χ1) is 9.94. The Bertz CT molecular complexity index is 470. The number of aryl methyl sites for hydroxylation is 3. The topological polar surface area (TPSA) is 53.6 Å². The van der Waals surface area contributed by atoms with Gasteiger partial charge in [-0.1, -0.05) is 13.8 Å². The van der Waals surface area contributed by atoms with Crippen molar-refractivity contribution < 1.29 is 0 Å². The third-order valence-corrected chi connectivity index (χ3v) is 3.79. The van der Waals surface area contributed by atoms with Gasteiger partial charge in [0.2, 0.25) is 0 Å². The van der Waals surface area contributed by atoms with Crippen molar-refractivity contribution in [1.29, 1.82) is 5.26 Å². The van der Waals surface area contributed by atoms with Crippen LogP contribution in [0, 0.1) is 11.3 Å². The van der Waals surface area contributed by atoms with E-state index in [1.807, 2.05) is 6.92 Å². The number of nitrogens with zero attached hydrogens (tertiary/aromatic N) is 3. The summed E-state index contributed by atoms with van der Waals surface area (Å²) in [4.78, 5) is 0. The van der Waals surface area contributed by atoms with E-state index in [1.54, 1.807) is 0 Å². The number of rotatable bonds is 9. The molecule has 0 amide bonds. The van der Waals surface area contributed by atoms with Crippen LogP contribution < -0.4 is 5.32 Å². The summed E-state index contributed by atoms with van der Waals surface area (Å²) in [6, 6.07) is 4.95. The van der Waals surface area contributed by atoms with E-state index in [-0.39, 0.29) is 0 Å². The molecule has 1 heterocycles. The molecular weight excluding hydrogens is 260 g/mol. The van der Waals surface area contributed by atoms with Crippen molar-refractivity contribution in [3.8, 4) is 6.07 Å². The molecule has 0 radical (unpaired) electrons. The molecule has 0 aliphatic rings. The van der Waals surface area contributed by atoms with Crippen molar-refractivity contribution in [1.82, 2.24) is 15.1 Å². The maximum absolute atomic E-state index is 9.34. The third-order valence-electron chi connectivity index (χ3n) is 3.79. The van der Waals surface area contributed by atoms with Gasteiger partial charge in [0, 0.05) is 18.3 Å². The first-order valence-corrected chi connectivity index (χ1v) is 8.18. The average Bonchev–Trinajstić information content (AvgIpc) is 2.85. The van der Waals surface area contributed by atoms with Gasteiger partial charge in [-0.25, -0.2) is 0 Å². The van der Waals surface area contributed by atoms with Crippen molar-refractivity contribution in [3.63, 3.8) is 0 Å².